The van der Waals surface area contributed by atoms with Crippen molar-refractivity contribution < 1.29 is 19.3 Å². The van der Waals surface area contributed by atoms with Gasteiger partial charge in [0.25, 0.3) is 0 Å². The van der Waals surface area contributed by atoms with Gasteiger partial charge in [0.15, 0.2) is 5.96 Å². The molecule has 0 saturated heterocycles. The van der Waals surface area contributed by atoms with E-state index in [1.165, 1.54) is 0 Å². The third kappa shape index (κ3) is 7.24. The minimum Gasteiger partial charge on any atom is -0.497 e. The summed E-state index contributed by atoms with van der Waals surface area (Å²) in [5.74, 6) is 2.68. The number of aryl methyl sites for hydroxylation is 1. The molecule has 0 spiro atoms. The molecular weight excluding hydrogens is 497 g/mol. The van der Waals surface area contributed by atoms with Gasteiger partial charge in [0, 0.05) is 24.2 Å². The van der Waals surface area contributed by atoms with Crippen molar-refractivity contribution in [2.75, 3.05) is 34.4 Å². The zero-order chi connectivity index (χ0) is 21.2. The third-order valence-electron chi connectivity index (χ3n) is 4.45. The topological polar surface area (TPSA) is 84.3 Å². The molecule has 0 saturated carbocycles. The summed E-state index contributed by atoms with van der Waals surface area (Å²) in [6.45, 7) is 5.44. The maximum Gasteiger partial charge on any atom is 0.191 e. The quantitative estimate of drug-likeness (QED) is 0.262. The molecule has 0 amide bonds. The molecule has 2 aromatic rings. The van der Waals surface area contributed by atoms with Crippen molar-refractivity contribution in [3.05, 3.63) is 53.1 Å². The number of nitrogens with one attached hydrogen (secondary N) is 2. The number of benzene rings is 2. The third-order valence-corrected chi connectivity index (χ3v) is 4.45. The average molecular weight is 529 g/mol. The van der Waals surface area contributed by atoms with Crippen molar-refractivity contribution in [3.8, 4) is 17.2 Å². The number of halogens is 1. The van der Waals surface area contributed by atoms with E-state index in [0.717, 1.165) is 16.9 Å². The minimum atomic E-state index is -0.794. The van der Waals surface area contributed by atoms with E-state index in [1.54, 1.807) is 39.5 Å². The molecule has 2 rings (SSSR count). The summed E-state index contributed by atoms with van der Waals surface area (Å²) in [7, 11) is 4.82. The number of methoxy groups -OCH3 is 3. The van der Waals surface area contributed by atoms with E-state index in [2.05, 4.69) is 15.6 Å². The maximum absolute atomic E-state index is 10.7. The highest BCUT2D eigenvalue weighted by Gasteiger charge is 2.15. The summed E-state index contributed by atoms with van der Waals surface area (Å²) >= 11 is 0. The predicted molar refractivity (Wildman–Crippen MR) is 130 cm³/mol. The lowest BCUT2D eigenvalue weighted by atomic mass is 10.1. The van der Waals surface area contributed by atoms with Crippen LogP contribution in [0.25, 0.3) is 0 Å². The molecule has 7 nitrogen and oxygen atoms in total. The second-order valence-electron chi connectivity index (χ2n) is 6.52. The fraction of sp³-hybridized carbons (Fsp3) is 0.409. The molecule has 0 heterocycles. The van der Waals surface area contributed by atoms with E-state index in [1.807, 2.05) is 32.0 Å². The van der Waals surface area contributed by atoms with Crippen LogP contribution in [0.3, 0.4) is 0 Å². The fourth-order valence-corrected chi connectivity index (χ4v) is 2.89. The van der Waals surface area contributed by atoms with Crippen LogP contribution >= 0.6 is 24.0 Å². The SMILES string of the molecule is CCNC(=NCc1ccc(C)cc1OC)NCC(O)c1cc(OC)ccc1OC.I. The summed E-state index contributed by atoms with van der Waals surface area (Å²) in [6, 6.07) is 11.4. The number of ether oxygens (including phenoxy) is 3. The highest BCUT2D eigenvalue weighted by molar-refractivity contribution is 14.0. The number of hydrogen-bond acceptors (Lipinski definition) is 5. The largest absolute Gasteiger partial charge is 0.497 e. The number of aliphatic imine (C=N–C) groups is 1. The van der Waals surface area contributed by atoms with Gasteiger partial charge in [0.05, 0.1) is 34.0 Å². The Labute approximate surface area is 195 Å². The van der Waals surface area contributed by atoms with Gasteiger partial charge in [-0.05, 0) is 43.7 Å². The first kappa shape index (κ1) is 25.8. The first-order valence-corrected chi connectivity index (χ1v) is 9.58. The lowest BCUT2D eigenvalue weighted by molar-refractivity contribution is 0.176. The van der Waals surface area contributed by atoms with Crippen LogP contribution < -0.4 is 24.8 Å². The summed E-state index contributed by atoms with van der Waals surface area (Å²) in [6.07, 6.45) is -0.794. The molecule has 0 aliphatic heterocycles. The van der Waals surface area contributed by atoms with Crippen LogP contribution in [0.4, 0.5) is 0 Å². The van der Waals surface area contributed by atoms with Gasteiger partial charge in [-0.15, -0.1) is 24.0 Å². The number of rotatable bonds is 9. The highest BCUT2D eigenvalue weighted by Crippen LogP contribution is 2.29. The van der Waals surface area contributed by atoms with Gasteiger partial charge in [-0.2, -0.15) is 0 Å². The summed E-state index contributed by atoms with van der Waals surface area (Å²) < 4.78 is 16.1. The van der Waals surface area contributed by atoms with Gasteiger partial charge >= 0.3 is 0 Å². The molecule has 1 atom stereocenters. The first-order valence-electron chi connectivity index (χ1n) is 9.58. The Bertz CT molecular complexity index is 830. The predicted octanol–water partition coefficient (Wildman–Crippen LogP) is 3.43. The molecule has 0 fully saturated rings. The normalized spacial score (nSPS) is 11.9. The van der Waals surface area contributed by atoms with Crippen molar-refractivity contribution in [2.45, 2.75) is 26.5 Å². The molecule has 166 valence electrons. The van der Waals surface area contributed by atoms with E-state index < -0.39 is 6.10 Å². The van der Waals surface area contributed by atoms with E-state index in [-0.39, 0.29) is 30.5 Å². The van der Waals surface area contributed by atoms with Gasteiger partial charge < -0.3 is 30.0 Å². The zero-order valence-corrected chi connectivity index (χ0v) is 20.5. The Morgan fingerprint density at radius 2 is 1.73 bits per heavy atom. The molecule has 0 bridgehead atoms. The molecule has 0 aromatic heterocycles. The average Bonchev–Trinajstić information content (AvgIpc) is 2.75. The van der Waals surface area contributed by atoms with Crippen LogP contribution in [0, 0.1) is 6.92 Å². The second kappa shape index (κ2) is 13.2. The van der Waals surface area contributed by atoms with Crippen LogP contribution in [0.2, 0.25) is 0 Å². The minimum absolute atomic E-state index is 0. The van der Waals surface area contributed by atoms with Crippen molar-refractivity contribution in [2.24, 2.45) is 4.99 Å². The van der Waals surface area contributed by atoms with E-state index in [9.17, 15) is 5.11 Å². The van der Waals surface area contributed by atoms with Gasteiger partial charge in [0.2, 0.25) is 0 Å². The molecule has 0 aliphatic carbocycles. The van der Waals surface area contributed by atoms with Crippen LogP contribution in [0.1, 0.15) is 29.7 Å². The summed E-state index contributed by atoms with van der Waals surface area (Å²) in [4.78, 5) is 4.61. The lowest BCUT2D eigenvalue weighted by Gasteiger charge is -2.18. The van der Waals surface area contributed by atoms with Crippen LogP contribution in [-0.2, 0) is 6.54 Å². The first-order chi connectivity index (χ1) is 14.0. The Hall–Kier alpha value is -2.20. The fourth-order valence-electron chi connectivity index (χ4n) is 2.89. The lowest BCUT2D eigenvalue weighted by Crippen LogP contribution is -2.39. The van der Waals surface area contributed by atoms with E-state index in [4.69, 9.17) is 14.2 Å². The van der Waals surface area contributed by atoms with Gasteiger partial charge in [0.1, 0.15) is 17.2 Å². The number of guanidine groups is 1. The molecule has 0 aliphatic rings. The van der Waals surface area contributed by atoms with Crippen molar-refractivity contribution in [1.29, 1.82) is 0 Å². The molecule has 30 heavy (non-hydrogen) atoms. The number of hydrogen-bond donors (Lipinski definition) is 3. The van der Waals surface area contributed by atoms with Gasteiger partial charge in [-0.25, -0.2) is 4.99 Å². The zero-order valence-electron chi connectivity index (χ0n) is 18.2. The van der Waals surface area contributed by atoms with Crippen LogP contribution in [0.15, 0.2) is 41.4 Å². The smallest absolute Gasteiger partial charge is 0.191 e. The molecule has 3 N–H and O–H groups in total. The summed E-state index contributed by atoms with van der Waals surface area (Å²) in [5.41, 5.74) is 2.77. The Kier molecular flexibility index (Phi) is 11.3. The van der Waals surface area contributed by atoms with Crippen molar-refractivity contribution >= 4 is 29.9 Å². The molecule has 2 aromatic carbocycles. The summed E-state index contributed by atoms with van der Waals surface area (Å²) in [5, 5.41) is 17.0. The van der Waals surface area contributed by atoms with Crippen LogP contribution in [0.5, 0.6) is 17.2 Å². The van der Waals surface area contributed by atoms with Crippen molar-refractivity contribution in [3.63, 3.8) is 0 Å². The number of aliphatic hydroxyl groups is 1. The van der Waals surface area contributed by atoms with E-state index in [0.29, 0.717) is 36.1 Å². The second-order valence-corrected chi connectivity index (χ2v) is 6.52. The van der Waals surface area contributed by atoms with Gasteiger partial charge in [-0.3, -0.25) is 0 Å². The van der Waals surface area contributed by atoms with Gasteiger partial charge in [-0.1, -0.05) is 12.1 Å². The molecular formula is C22H32IN3O4. The highest BCUT2D eigenvalue weighted by atomic mass is 127. The van der Waals surface area contributed by atoms with Crippen LogP contribution in [-0.4, -0.2) is 45.5 Å². The van der Waals surface area contributed by atoms with Crippen molar-refractivity contribution in [1.82, 2.24) is 10.6 Å². The Morgan fingerprint density at radius 1 is 1.00 bits per heavy atom. The monoisotopic (exact) mass is 529 g/mol. The molecule has 0 radical (unpaired) electrons. The Morgan fingerprint density at radius 3 is 2.37 bits per heavy atom. The molecule has 8 heteroatoms. The maximum atomic E-state index is 10.7. The standard InChI is InChI=1S/C22H31N3O4.HI/c1-6-23-22(24-13-16-8-7-15(2)11-21(16)29-5)25-14-19(26)18-12-17(27-3)9-10-20(18)28-4;/h7-12,19,26H,6,13-14H2,1-5H3,(H2,23,24,25);1H. The molecule has 1 unspecified atom stereocenters. The number of aliphatic hydroxyl groups excluding tert-OH is 1. The number of nitrogens with zero attached hydrogens (tertiary/aromatic N) is 1. The van der Waals surface area contributed by atoms with E-state index >= 15 is 0 Å². The Balaban J connectivity index is 0.00000450.